The van der Waals surface area contributed by atoms with E-state index in [9.17, 15) is 9.90 Å². The number of aliphatic hydroxyl groups is 1. The Kier molecular flexibility index (Phi) is 11.5. The Morgan fingerprint density at radius 2 is 1.87 bits per heavy atom. The normalized spacial score (nSPS) is 16.3. The van der Waals surface area contributed by atoms with E-state index < -0.39 is 17.9 Å². The highest BCUT2D eigenvalue weighted by Crippen LogP contribution is 2.18. The lowest BCUT2D eigenvalue weighted by atomic mass is 9.95. The van der Waals surface area contributed by atoms with Gasteiger partial charge in [-0.2, -0.15) is 0 Å². The number of primary amides is 1. The fourth-order valence-electron chi connectivity index (χ4n) is 2.87. The minimum Gasteiger partial charge on any atom is -0.394 e. The zero-order chi connectivity index (χ0) is 23.4. The van der Waals surface area contributed by atoms with Crippen molar-refractivity contribution in [3.8, 4) is 0 Å². The van der Waals surface area contributed by atoms with Crippen LogP contribution in [0.3, 0.4) is 0 Å². The van der Waals surface area contributed by atoms with Gasteiger partial charge in [0.2, 0.25) is 5.91 Å². The van der Waals surface area contributed by atoms with Gasteiger partial charge in [0.15, 0.2) is 0 Å². The monoisotopic (exact) mass is 424 g/mol. The summed E-state index contributed by atoms with van der Waals surface area (Å²) in [5, 5.41) is 9.95. The maximum atomic E-state index is 11.9. The highest BCUT2D eigenvalue weighted by Gasteiger charge is 2.23. The summed E-state index contributed by atoms with van der Waals surface area (Å²) in [6.07, 6.45) is 7.39. The number of allylic oxidation sites excluding steroid dienone is 7. The predicted octanol–water partition coefficient (Wildman–Crippen LogP) is 4.54. The quantitative estimate of drug-likeness (QED) is 0.382. The molecule has 0 aliphatic carbocycles. The van der Waals surface area contributed by atoms with E-state index in [1.807, 2.05) is 82.3 Å². The third-order valence-electron chi connectivity index (χ3n) is 5.07. The SMILES string of the molecule is C=C(/C=C(\C)C(=NC(CO)C(C)OCc1ccccc1)C(C)C(N)=O)/C(C)=C/C=CC. The second-order valence-electron chi connectivity index (χ2n) is 7.62. The van der Waals surface area contributed by atoms with Crippen molar-refractivity contribution < 1.29 is 14.6 Å². The van der Waals surface area contributed by atoms with Crippen molar-refractivity contribution in [1.82, 2.24) is 0 Å². The summed E-state index contributed by atoms with van der Waals surface area (Å²) in [7, 11) is 0. The Balaban J connectivity index is 3.14. The standard InChI is InChI=1S/C26H36N2O3/c1-7-8-12-18(2)19(3)15-20(4)25(21(5)26(27)30)28-24(16-29)22(6)31-17-23-13-10-9-11-14-23/h7-15,21-22,24,29H,3,16-17H2,1-2,4-6H3,(H2,27,30)/b8-7?,18-12+,20-15+,28-25?. The van der Waals surface area contributed by atoms with E-state index in [1.54, 1.807) is 6.92 Å². The number of rotatable bonds is 12. The molecule has 0 radical (unpaired) electrons. The molecule has 1 aromatic rings. The molecule has 1 amide bonds. The molecule has 31 heavy (non-hydrogen) atoms. The van der Waals surface area contributed by atoms with Gasteiger partial charge < -0.3 is 15.6 Å². The maximum absolute atomic E-state index is 11.9. The van der Waals surface area contributed by atoms with Gasteiger partial charge in [-0.15, -0.1) is 0 Å². The van der Waals surface area contributed by atoms with Gasteiger partial charge in [-0.1, -0.05) is 61.2 Å². The van der Waals surface area contributed by atoms with Crippen molar-refractivity contribution in [2.24, 2.45) is 16.6 Å². The molecular weight excluding hydrogens is 388 g/mol. The summed E-state index contributed by atoms with van der Waals surface area (Å²) in [5.41, 5.74) is 9.73. The number of carbonyl (C=O) groups excluding carboxylic acids is 1. The van der Waals surface area contributed by atoms with Gasteiger partial charge in [0.05, 0.1) is 37.0 Å². The molecule has 5 nitrogen and oxygen atoms in total. The summed E-state index contributed by atoms with van der Waals surface area (Å²) in [6.45, 7) is 13.7. The molecule has 0 bridgehead atoms. The molecule has 0 saturated heterocycles. The third kappa shape index (κ3) is 8.87. The van der Waals surface area contributed by atoms with Crippen LogP contribution >= 0.6 is 0 Å². The summed E-state index contributed by atoms with van der Waals surface area (Å²) < 4.78 is 5.93. The van der Waals surface area contributed by atoms with Gasteiger partial charge in [0.25, 0.3) is 0 Å². The van der Waals surface area contributed by atoms with Crippen molar-refractivity contribution in [3.05, 3.63) is 83.5 Å². The molecule has 0 aliphatic heterocycles. The molecule has 1 rings (SSSR count). The van der Waals surface area contributed by atoms with E-state index in [-0.39, 0.29) is 12.7 Å². The van der Waals surface area contributed by atoms with E-state index >= 15 is 0 Å². The van der Waals surface area contributed by atoms with E-state index in [0.29, 0.717) is 12.3 Å². The first-order valence-electron chi connectivity index (χ1n) is 10.5. The molecule has 0 heterocycles. The zero-order valence-corrected chi connectivity index (χ0v) is 19.3. The molecule has 5 heteroatoms. The van der Waals surface area contributed by atoms with Crippen LogP contribution in [0.1, 0.15) is 40.2 Å². The lowest BCUT2D eigenvalue weighted by molar-refractivity contribution is -0.119. The van der Waals surface area contributed by atoms with Gasteiger partial charge in [-0.3, -0.25) is 9.79 Å². The van der Waals surface area contributed by atoms with Crippen LogP contribution in [0.2, 0.25) is 0 Å². The van der Waals surface area contributed by atoms with Crippen molar-refractivity contribution in [1.29, 1.82) is 0 Å². The number of hydrogen-bond donors (Lipinski definition) is 2. The summed E-state index contributed by atoms with van der Waals surface area (Å²) in [4.78, 5) is 16.6. The number of nitrogens with two attached hydrogens (primary N) is 1. The van der Waals surface area contributed by atoms with Crippen LogP contribution in [0.15, 0.2) is 82.9 Å². The summed E-state index contributed by atoms with van der Waals surface area (Å²) in [6, 6.07) is 9.27. The summed E-state index contributed by atoms with van der Waals surface area (Å²) >= 11 is 0. The van der Waals surface area contributed by atoms with Crippen LogP contribution < -0.4 is 5.73 Å². The highest BCUT2D eigenvalue weighted by atomic mass is 16.5. The van der Waals surface area contributed by atoms with Gasteiger partial charge >= 0.3 is 0 Å². The van der Waals surface area contributed by atoms with E-state index in [2.05, 4.69) is 6.58 Å². The topological polar surface area (TPSA) is 84.9 Å². The zero-order valence-electron chi connectivity index (χ0n) is 19.3. The molecule has 3 atom stereocenters. The molecule has 0 aliphatic rings. The second-order valence-corrected chi connectivity index (χ2v) is 7.62. The number of ether oxygens (including phenoxy) is 1. The van der Waals surface area contributed by atoms with Crippen LogP contribution in [0, 0.1) is 5.92 Å². The van der Waals surface area contributed by atoms with Crippen molar-refractivity contribution in [2.45, 2.75) is 53.4 Å². The summed E-state index contributed by atoms with van der Waals surface area (Å²) in [5.74, 6) is -1.09. The van der Waals surface area contributed by atoms with Gasteiger partial charge in [0, 0.05) is 0 Å². The maximum Gasteiger partial charge on any atom is 0.226 e. The third-order valence-corrected chi connectivity index (χ3v) is 5.07. The second kappa shape index (κ2) is 13.5. The fraction of sp³-hybridized carbons (Fsp3) is 0.385. The molecule has 3 unspecified atom stereocenters. The van der Waals surface area contributed by atoms with E-state index in [0.717, 1.165) is 22.3 Å². The average molecular weight is 425 g/mol. The molecule has 0 saturated carbocycles. The Morgan fingerprint density at radius 1 is 1.23 bits per heavy atom. The Bertz CT molecular complexity index is 851. The lowest BCUT2D eigenvalue weighted by Crippen LogP contribution is -2.34. The van der Waals surface area contributed by atoms with Crippen LogP contribution in [0.4, 0.5) is 0 Å². The molecule has 0 fully saturated rings. The van der Waals surface area contributed by atoms with Gasteiger partial charge in [-0.25, -0.2) is 0 Å². The van der Waals surface area contributed by atoms with Crippen LogP contribution in [-0.2, 0) is 16.1 Å². The largest absolute Gasteiger partial charge is 0.394 e. The van der Waals surface area contributed by atoms with Crippen LogP contribution in [-0.4, -0.2) is 35.5 Å². The number of nitrogens with zero attached hydrogens (tertiary/aromatic N) is 1. The first kappa shape index (κ1) is 26.3. The molecule has 168 valence electrons. The van der Waals surface area contributed by atoms with E-state index in [1.165, 1.54) is 0 Å². The fourth-order valence-corrected chi connectivity index (χ4v) is 2.87. The van der Waals surface area contributed by atoms with Crippen LogP contribution in [0.25, 0.3) is 0 Å². The first-order valence-corrected chi connectivity index (χ1v) is 10.5. The Hall–Kier alpha value is -2.76. The minimum atomic E-state index is -0.612. The van der Waals surface area contributed by atoms with E-state index in [4.69, 9.17) is 15.5 Å². The Morgan fingerprint density at radius 3 is 2.42 bits per heavy atom. The van der Waals surface area contributed by atoms with Gasteiger partial charge in [0.1, 0.15) is 0 Å². The smallest absolute Gasteiger partial charge is 0.226 e. The number of carbonyl (C=O) groups is 1. The predicted molar refractivity (Wildman–Crippen MR) is 129 cm³/mol. The molecule has 1 aromatic carbocycles. The molecule has 3 N–H and O–H groups in total. The molecule has 0 spiro atoms. The molecule has 0 aromatic heterocycles. The van der Waals surface area contributed by atoms with Gasteiger partial charge in [-0.05, 0) is 56.9 Å². The first-order chi connectivity index (χ1) is 14.7. The number of amides is 1. The van der Waals surface area contributed by atoms with Crippen molar-refractivity contribution in [2.75, 3.05) is 6.61 Å². The van der Waals surface area contributed by atoms with Crippen LogP contribution in [0.5, 0.6) is 0 Å². The lowest BCUT2D eigenvalue weighted by Gasteiger charge is -2.22. The number of hydrogen-bond acceptors (Lipinski definition) is 4. The minimum absolute atomic E-state index is 0.209. The molecular formula is C26H36N2O3. The number of benzene rings is 1. The van der Waals surface area contributed by atoms with Crippen molar-refractivity contribution >= 4 is 11.6 Å². The average Bonchev–Trinajstić information content (AvgIpc) is 2.76. The van der Waals surface area contributed by atoms with Crippen molar-refractivity contribution in [3.63, 3.8) is 0 Å². The Labute approximate surface area is 186 Å². The number of aliphatic hydroxyl groups excluding tert-OH is 1. The number of aliphatic imine (C=N–C) groups is 1. The highest BCUT2D eigenvalue weighted by molar-refractivity contribution is 6.12.